The molecule has 0 bridgehead atoms. The lowest BCUT2D eigenvalue weighted by Gasteiger charge is -2.30. The number of unbranched alkanes of at least 4 members (excludes halogenated alkanes) is 2. The molecule has 0 aliphatic heterocycles. The topological polar surface area (TPSA) is 29.3 Å². The van der Waals surface area contributed by atoms with Gasteiger partial charge in [-0.3, -0.25) is 4.90 Å². The largest absolute Gasteiger partial charge is 0.329 e. The van der Waals surface area contributed by atoms with E-state index in [9.17, 15) is 0 Å². The van der Waals surface area contributed by atoms with Crippen molar-refractivity contribution in [2.75, 3.05) is 19.6 Å². The summed E-state index contributed by atoms with van der Waals surface area (Å²) >= 11 is 7.69. The van der Waals surface area contributed by atoms with E-state index in [1.165, 1.54) is 30.6 Å². The van der Waals surface area contributed by atoms with Crippen molar-refractivity contribution in [3.8, 4) is 0 Å². The van der Waals surface area contributed by atoms with Gasteiger partial charge < -0.3 is 5.73 Å². The molecule has 2 nitrogen and oxygen atoms in total. The van der Waals surface area contributed by atoms with Gasteiger partial charge in [-0.25, -0.2) is 0 Å². The summed E-state index contributed by atoms with van der Waals surface area (Å²) in [6, 6.07) is 4.43. The van der Waals surface area contributed by atoms with E-state index >= 15 is 0 Å². The van der Waals surface area contributed by atoms with Crippen LogP contribution < -0.4 is 5.73 Å². The number of nitrogens with two attached hydrogens (primary N) is 1. The third-order valence-electron chi connectivity index (χ3n) is 3.18. The van der Waals surface area contributed by atoms with E-state index in [4.69, 9.17) is 17.3 Å². The minimum atomic E-state index is 0.334. The molecule has 0 aliphatic rings. The van der Waals surface area contributed by atoms with Crippen molar-refractivity contribution in [3.63, 3.8) is 0 Å². The van der Waals surface area contributed by atoms with Gasteiger partial charge >= 0.3 is 0 Å². The summed E-state index contributed by atoms with van der Waals surface area (Å²) in [4.78, 5) is 3.82. The quantitative estimate of drug-likeness (QED) is 0.734. The Morgan fingerprint density at radius 3 is 2.22 bits per heavy atom. The molecule has 0 saturated carbocycles. The molecule has 1 heterocycles. The maximum absolute atomic E-state index is 6.03. The first-order valence-electron chi connectivity index (χ1n) is 6.92. The highest BCUT2D eigenvalue weighted by Gasteiger charge is 2.19. The second-order valence-corrected chi connectivity index (χ2v) is 6.38. The van der Waals surface area contributed by atoms with Crippen LogP contribution in [0.5, 0.6) is 0 Å². The van der Waals surface area contributed by atoms with Crippen molar-refractivity contribution in [2.24, 2.45) is 5.73 Å². The van der Waals surface area contributed by atoms with Crippen LogP contribution in [0.1, 0.15) is 50.4 Å². The highest BCUT2D eigenvalue weighted by atomic mass is 35.5. The first-order chi connectivity index (χ1) is 8.72. The third-order valence-corrected chi connectivity index (χ3v) is 4.52. The molecule has 2 N–H and O–H groups in total. The lowest BCUT2D eigenvalue weighted by Crippen LogP contribution is -2.34. The van der Waals surface area contributed by atoms with Gasteiger partial charge in [0, 0.05) is 11.4 Å². The maximum Gasteiger partial charge on any atom is 0.0931 e. The number of hydrogen-bond acceptors (Lipinski definition) is 3. The molecule has 104 valence electrons. The Kier molecular flexibility index (Phi) is 7.91. The number of thiophene rings is 1. The molecule has 0 amide bonds. The number of halogens is 1. The average Bonchev–Trinajstić information content (AvgIpc) is 2.79. The van der Waals surface area contributed by atoms with E-state index in [-0.39, 0.29) is 0 Å². The smallest absolute Gasteiger partial charge is 0.0931 e. The third kappa shape index (κ3) is 4.88. The van der Waals surface area contributed by atoms with E-state index < -0.39 is 0 Å². The highest BCUT2D eigenvalue weighted by Crippen LogP contribution is 2.30. The fourth-order valence-electron chi connectivity index (χ4n) is 2.10. The van der Waals surface area contributed by atoms with Crippen LogP contribution in [0, 0.1) is 0 Å². The van der Waals surface area contributed by atoms with Crippen molar-refractivity contribution in [2.45, 2.75) is 45.6 Å². The van der Waals surface area contributed by atoms with Crippen LogP contribution in [0.25, 0.3) is 0 Å². The number of rotatable bonds is 9. The van der Waals surface area contributed by atoms with E-state index in [1.807, 2.05) is 6.07 Å². The summed E-state index contributed by atoms with van der Waals surface area (Å²) < 4.78 is 0.856. The number of nitrogens with zero attached hydrogens (tertiary/aromatic N) is 1. The highest BCUT2D eigenvalue weighted by molar-refractivity contribution is 7.16. The van der Waals surface area contributed by atoms with E-state index in [0.29, 0.717) is 12.6 Å². The van der Waals surface area contributed by atoms with Gasteiger partial charge in [-0.1, -0.05) is 38.3 Å². The normalized spacial score (nSPS) is 13.2. The molecule has 0 aliphatic carbocycles. The van der Waals surface area contributed by atoms with E-state index in [1.54, 1.807) is 11.3 Å². The fourth-order valence-corrected chi connectivity index (χ4v) is 3.31. The van der Waals surface area contributed by atoms with Crippen LogP contribution in [0.2, 0.25) is 4.34 Å². The Hall–Kier alpha value is -0.0900. The van der Waals surface area contributed by atoms with Gasteiger partial charge in [0.1, 0.15) is 0 Å². The van der Waals surface area contributed by atoms with Gasteiger partial charge in [0.05, 0.1) is 10.4 Å². The van der Waals surface area contributed by atoms with Gasteiger partial charge in [-0.05, 0) is 38.1 Å². The first kappa shape index (κ1) is 16.0. The second kappa shape index (κ2) is 8.92. The van der Waals surface area contributed by atoms with Crippen LogP contribution in [-0.4, -0.2) is 24.5 Å². The van der Waals surface area contributed by atoms with Crippen LogP contribution in [0.15, 0.2) is 12.1 Å². The minimum Gasteiger partial charge on any atom is -0.329 e. The first-order valence-corrected chi connectivity index (χ1v) is 8.11. The molecule has 1 rings (SSSR count). The molecule has 0 saturated heterocycles. The molecule has 4 heteroatoms. The molecule has 0 aromatic carbocycles. The number of hydrogen-bond donors (Lipinski definition) is 1. The average molecular weight is 289 g/mol. The molecule has 1 aromatic rings. The Bertz CT molecular complexity index is 319. The van der Waals surface area contributed by atoms with Crippen molar-refractivity contribution in [1.29, 1.82) is 0 Å². The Labute approximate surface area is 120 Å². The van der Waals surface area contributed by atoms with Crippen LogP contribution in [0.3, 0.4) is 0 Å². The monoisotopic (exact) mass is 288 g/mol. The summed E-state index contributed by atoms with van der Waals surface area (Å²) in [7, 11) is 0. The summed E-state index contributed by atoms with van der Waals surface area (Å²) in [5, 5.41) is 0. The molecule has 1 aromatic heterocycles. The lowest BCUT2D eigenvalue weighted by atomic mass is 10.1. The molecular formula is C14H25ClN2S. The van der Waals surface area contributed by atoms with Crippen LogP contribution in [-0.2, 0) is 0 Å². The van der Waals surface area contributed by atoms with Gasteiger partial charge in [-0.2, -0.15) is 0 Å². The summed E-state index contributed by atoms with van der Waals surface area (Å²) in [5.74, 6) is 0. The van der Waals surface area contributed by atoms with Crippen molar-refractivity contribution >= 4 is 22.9 Å². The zero-order valence-electron chi connectivity index (χ0n) is 11.5. The van der Waals surface area contributed by atoms with Crippen molar-refractivity contribution in [3.05, 3.63) is 21.3 Å². The summed E-state index contributed by atoms with van der Waals surface area (Å²) in [6.07, 6.45) is 4.93. The predicted molar refractivity (Wildman–Crippen MR) is 82.5 cm³/mol. The van der Waals surface area contributed by atoms with Crippen LogP contribution in [0.4, 0.5) is 0 Å². The second-order valence-electron chi connectivity index (χ2n) is 4.64. The fraction of sp³-hybridized carbons (Fsp3) is 0.714. The Morgan fingerprint density at radius 2 is 1.83 bits per heavy atom. The molecular weight excluding hydrogens is 264 g/mol. The van der Waals surface area contributed by atoms with Crippen molar-refractivity contribution < 1.29 is 0 Å². The minimum absolute atomic E-state index is 0.334. The Morgan fingerprint density at radius 1 is 1.22 bits per heavy atom. The zero-order valence-corrected chi connectivity index (χ0v) is 13.1. The van der Waals surface area contributed by atoms with Gasteiger partial charge in [0.25, 0.3) is 0 Å². The summed E-state index contributed by atoms with van der Waals surface area (Å²) in [6.45, 7) is 7.40. The van der Waals surface area contributed by atoms with Crippen LogP contribution >= 0.6 is 22.9 Å². The standard InChI is InChI=1S/C14H25ClN2S/c1-3-5-9-17(10-6-4-2)12(11-16)13-7-8-14(15)18-13/h7-8,12H,3-6,9-11,16H2,1-2H3. The SMILES string of the molecule is CCCCN(CCCC)C(CN)c1ccc(Cl)s1. The predicted octanol–water partition coefficient (Wildman–Crippen LogP) is 4.30. The van der Waals surface area contributed by atoms with E-state index in [2.05, 4.69) is 24.8 Å². The summed E-state index contributed by atoms with van der Waals surface area (Å²) in [5.41, 5.74) is 5.98. The van der Waals surface area contributed by atoms with Gasteiger partial charge in [0.15, 0.2) is 0 Å². The molecule has 0 spiro atoms. The molecule has 1 unspecified atom stereocenters. The molecule has 18 heavy (non-hydrogen) atoms. The molecule has 0 radical (unpaired) electrons. The van der Waals surface area contributed by atoms with E-state index in [0.717, 1.165) is 17.4 Å². The van der Waals surface area contributed by atoms with Crippen molar-refractivity contribution in [1.82, 2.24) is 4.90 Å². The maximum atomic E-state index is 6.03. The van der Waals surface area contributed by atoms with Gasteiger partial charge in [0.2, 0.25) is 0 Å². The lowest BCUT2D eigenvalue weighted by molar-refractivity contribution is 0.198. The zero-order chi connectivity index (χ0) is 13.4. The molecule has 0 fully saturated rings. The Balaban J connectivity index is 2.71. The van der Waals surface area contributed by atoms with Gasteiger partial charge in [-0.15, -0.1) is 11.3 Å². The molecule has 1 atom stereocenters.